The molecule has 0 amide bonds. The predicted molar refractivity (Wildman–Crippen MR) is 86.7 cm³/mol. The molecule has 0 fully saturated rings. The fraction of sp³-hybridized carbons (Fsp3) is 0.438. The summed E-state index contributed by atoms with van der Waals surface area (Å²) in [5.74, 6) is 0. The average Bonchev–Trinajstić information content (AvgIpc) is 2.87. The van der Waals surface area contributed by atoms with Gasteiger partial charge in [-0.05, 0) is 32.4 Å². The Morgan fingerprint density at radius 3 is 2.67 bits per heavy atom. The molecule has 21 heavy (non-hydrogen) atoms. The van der Waals surface area contributed by atoms with Crippen LogP contribution in [0.3, 0.4) is 0 Å². The highest BCUT2D eigenvalue weighted by Gasteiger charge is 2.13. The lowest BCUT2D eigenvalue weighted by molar-refractivity contribution is 0.421. The predicted octanol–water partition coefficient (Wildman–Crippen LogP) is 3.85. The summed E-state index contributed by atoms with van der Waals surface area (Å²) < 4.78 is 5.54. The first-order chi connectivity index (χ1) is 9.85. The normalized spacial score (nSPS) is 11.7. The van der Waals surface area contributed by atoms with E-state index in [-0.39, 0.29) is 5.54 Å². The molecule has 0 aliphatic rings. The Hall–Kier alpha value is -1.52. The number of nitrogens with one attached hydrogen (secondary N) is 1. The second-order valence-electron chi connectivity index (χ2n) is 6.17. The lowest BCUT2D eigenvalue weighted by Gasteiger charge is -2.19. The SMILES string of the molecule is CN(Cc1ccccc1Cl)c1nc(CNC(C)(C)C)co1. The summed E-state index contributed by atoms with van der Waals surface area (Å²) in [6.45, 7) is 7.71. The molecule has 1 N–H and O–H groups in total. The third-order valence-corrected chi connectivity index (χ3v) is 3.40. The Kier molecular flexibility index (Phi) is 4.91. The fourth-order valence-electron chi connectivity index (χ4n) is 1.86. The van der Waals surface area contributed by atoms with Crippen LogP contribution >= 0.6 is 11.6 Å². The summed E-state index contributed by atoms with van der Waals surface area (Å²) in [7, 11) is 1.94. The van der Waals surface area contributed by atoms with Gasteiger partial charge in [0.05, 0.1) is 5.69 Å². The van der Waals surface area contributed by atoms with E-state index in [2.05, 4.69) is 31.1 Å². The standard InChI is InChI=1S/C16H22ClN3O/c1-16(2,3)18-9-13-11-21-15(19-13)20(4)10-12-7-5-6-8-14(12)17/h5-8,11,18H,9-10H2,1-4H3. The van der Waals surface area contributed by atoms with E-state index in [9.17, 15) is 0 Å². The molecule has 0 bridgehead atoms. The van der Waals surface area contributed by atoms with Crippen molar-refractivity contribution in [3.63, 3.8) is 0 Å². The lowest BCUT2D eigenvalue weighted by atomic mass is 10.1. The number of benzene rings is 1. The molecule has 0 aliphatic heterocycles. The van der Waals surface area contributed by atoms with E-state index in [1.54, 1.807) is 6.26 Å². The molecule has 2 rings (SSSR count). The quantitative estimate of drug-likeness (QED) is 0.911. The molecule has 0 spiro atoms. The van der Waals surface area contributed by atoms with Crippen LogP contribution in [0.25, 0.3) is 0 Å². The van der Waals surface area contributed by atoms with E-state index in [0.717, 1.165) is 16.3 Å². The minimum Gasteiger partial charge on any atom is -0.432 e. The Morgan fingerprint density at radius 2 is 2.00 bits per heavy atom. The number of hydrogen-bond acceptors (Lipinski definition) is 4. The second kappa shape index (κ2) is 6.50. The molecule has 1 aromatic heterocycles. The summed E-state index contributed by atoms with van der Waals surface area (Å²) in [5, 5.41) is 4.14. The van der Waals surface area contributed by atoms with Crippen LogP contribution in [-0.4, -0.2) is 17.6 Å². The lowest BCUT2D eigenvalue weighted by Crippen LogP contribution is -2.35. The summed E-state index contributed by atoms with van der Waals surface area (Å²) in [6.07, 6.45) is 1.69. The van der Waals surface area contributed by atoms with Crippen LogP contribution in [0.15, 0.2) is 34.9 Å². The first-order valence-corrected chi connectivity index (χ1v) is 7.37. The zero-order valence-electron chi connectivity index (χ0n) is 13.0. The number of rotatable bonds is 5. The molecule has 0 unspecified atom stereocenters. The molecule has 0 saturated heterocycles. The average molecular weight is 308 g/mol. The van der Waals surface area contributed by atoms with Crippen LogP contribution in [-0.2, 0) is 13.1 Å². The number of halogens is 1. The van der Waals surface area contributed by atoms with Gasteiger partial charge >= 0.3 is 0 Å². The summed E-state index contributed by atoms with van der Waals surface area (Å²) in [5.41, 5.74) is 2.00. The minimum atomic E-state index is 0.0581. The van der Waals surface area contributed by atoms with E-state index in [4.69, 9.17) is 16.0 Å². The van der Waals surface area contributed by atoms with Gasteiger partial charge in [0.1, 0.15) is 6.26 Å². The second-order valence-corrected chi connectivity index (χ2v) is 6.58. The van der Waals surface area contributed by atoms with Gasteiger partial charge in [-0.25, -0.2) is 0 Å². The van der Waals surface area contributed by atoms with Crippen molar-refractivity contribution in [2.24, 2.45) is 0 Å². The largest absolute Gasteiger partial charge is 0.432 e. The smallest absolute Gasteiger partial charge is 0.297 e. The van der Waals surface area contributed by atoms with Crippen molar-refractivity contribution in [1.29, 1.82) is 0 Å². The molecule has 0 aliphatic carbocycles. The number of nitrogens with zero attached hydrogens (tertiary/aromatic N) is 2. The molecular weight excluding hydrogens is 286 g/mol. The third-order valence-electron chi connectivity index (χ3n) is 3.03. The fourth-order valence-corrected chi connectivity index (χ4v) is 2.05. The summed E-state index contributed by atoms with van der Waals surface area (Å²) in [4.78, 5) is 6.44. The first-order valence-electron chi connectivity index (χ1n) is 6.99. The van der Waals surface area contributed by atoms with Crippen molar-refractivity contribution >= 4 is 17.6 Å². The topological polar surface area (TPSA) is 41.3 Å². The van der Waals surface area contributed by atoms with Crippen molar-refractivity contribution in [3.8, 4) is 0 Å². The maximum Gasteiger partial charge on any atom is 0.297 e. The Bertz CT molecular complexity index is 589. The molecule has 2 aromatic rings. The number of oxazole rings is 1. The molecule has 1 heterocycles. The van der Waals surface area contributed by atoms with Crippen LogP contribution < -0.4 is 10.2 Å². The Labute approximate surface area is 131 Å². The highest BCUT2D eigenvalue weighted by Crippen LogP contribution is 2.20. The first kappa shape index (κ1) is 15.9. The monoisotopic (exact) mass is 307 g/mol. The van der Waals surface area contributed by atoms with Gasteiger partial charge in [-0.3, -0.25) is 0 Å². The zero-order chi connectivity index (χ0) is 15.5. The Morgan fingerprint density at radius 1 is 1.29 bits per heavy atom. The van der Waals surface area contributed by atoms with E-state index >= 15 is 0 Å². The number of hydrogen-bond donors (Lipinski definition) is 1. The van der Waals surface area contributed by atoms with Gasteiger partial charge in [-0.1, -0.05) is 29.8 Å². The maximum atomic E-state index is 6.17. The maximum absolute atomic E-state index is 6.17. The van der Waals surface area contributed by atoms with E-state index in [0.29, 0.717) is 19.1 Å². The highest BCUT2D eigenvalue weighted by molar-refractivity contribution is 6.31. The molecule has 1 aromatic carbocycles. The van der Waals surface area contributed by atoms with E-state index < -0.39 is 0 Å². The van der Waals surface area contributed by atoms with Crippen LogP contribution in [0.4, 0.5) is 6.01 Å². The van der Waals surface area contributed by atoms with Gasteiger partial charge in [0.15, 0.2) is 0 Å². The molecule has 4 nitrogen and oxygen atoms in total. The molecule has 114 valence electrons. The van der Waals surface area contributed by atoms with E-state index in [1.807, 2.05) is 36.2 Å². The number of anilines is 1. The van der Waals surface area contributed by atoms with Crippen LogP contribution in [0.2, 0.25) is 5.02 Å². The van der Waals surface area contributed by atoms with Gasteiger partial charge in [0, 0.05) is 30.7 Å². The van der Waals surface area contributed by atoms with Gasteiger partial charge < -0.3 is 14.6 Å². The molecule has 5 heteroatoms. The minimum absolute atomic E-state index is 0.0581. The molecule has 0 saturated carbocycles. The molecular formula is C16H22ClN3O. The van der Waals surface area contributed by atoms with Gasteiger partial charge in [-0.15, -0.1) is 0 Å². The van der Waals surface area contributed by atoms with Crippen LogP contribution in [0.5, 0.6) is 0 Å². The summed E-state index contributed by atoms with van der Waals surface area (Å²) in [6, 6.07) is 8.39. The van der Waals surface area contributed by atoms with Crippen LogP contribution in [0, 0.1) is 0 Å². The Balaban J connectivity index is 1.99. The zero-order valence-corrected chi connectivity index (χ0v) is 13.7. The van der Waals surface area contributed by atoms with Gasteiger partial charge in [0.25, 0.3) is 6.01 Å². The molecule has 0 radical (unpaired) electrons. The third kappa shape index (κ3) is 4.76. The van der Waals surface area contributed by atoms with Crippen molar-refractivity contribution in [2.75, 3.05) is 11.9 Å². The van der Waals surface area contributed by atoms with E-state index in [1.165, 1.54) is 0 Å². The van der Waals surface area contributed by atoms with Gasteiger partial charge in [0.2, 0.25) is 0 Å². The van der Waals surface area contributed by atoms with Crippen molar-refractivity contribution in [2.45, 2.75) is 39.4 Å². The van der Waals surface area contributed by atoms with Crippen molar-refractivity contribution in [3.05, 3.63) is 46.8 Å². The molecule has 0 atom stereocenters. The van der Waals surface area contributed by atoms with Gasteiger partial charge in [-0.2, -0.15) is 4.98 Å². The highest BCUT2D eigenvalue weighted by atomic mass is 35.5. The van der Waals surface area contributed by atoms with Crippen molar-refractivity contribution in [1.82, 2.24) is 10.3 Å². The van der Waals surface area contributed by atoms with Crippen molar-refractivity contribution < 1.29 is 4.42 Å². The van der Waals surface area contributed by atoms with Crippen LogP contribution in [0.1, 0.15) is 32.0 Å². The number of aromatic nitrogens is 1. The summed E-state index contributed by atoms with van der Waals surface area (Å²) >= 11 is 6.17.